The van der Waals surface area contributed by atoms with Crippen LogP contribution in [0.15, 0.2) is 35.0 Å². The van der Waals surface area contributed by atoms with Crippen LogP contribution < -0.4 is 4.74 Å². The van der Waals surface area contributed by atoms with Gasteiger partial charge in [0.2, 0.25) is 0 Å². The molecule has 3 rings (SSSR count). The van der Waals surface area contributed by atoms with Crippen LogP contribution in [-0.4, -0.2) is 49.0 Å². The largest absolute Gasteiger partial charge is 0.496 e. The fourth-order valence-corrected chi connectivity index (χ4v) is 3.60. The molecule has 2 heterocycles. The van der Waals surface area contributed by atoms with Gasteiger partial charge < -0.3 is 9.64 Å². The Morgan fingerprint density at radius 1 is 1.26 bits per heavy atom. The first-order chi connectivity index (χ1) is 11.2. The van der Waals surface area contributed by atoms with E-state index in [1.807, 2.05) is 4.90 Å². The minimum absolute atomic E-state index is 0.0143. The van der Waals surface area contributed by atoms with Gasteiger partial charge in [0.1, 0.15) is 5.75 Å². The van der Waals surface area contributed by atoms with Gasteiger partial charge in [0.15, 0.2) is 0 Å². The second-order valence-corrected chi connectivity index (χ2v) is 6.76. The van der Waals surface area contributed by atoms with Crippen LogP contribution in [0.3, 0.4) is 0 Å². The molecule has 0 unspecified atom stereocenters. The van der Waals surface area contributed by atoms with Gasteiger partial charge in [-0.3, -0.25) is 9.69 Å². The fraction of sp³-hybridized carbons (Fsp3) is 0.353. The number of halogens is 1. The number of ether oxygens (including phenoxy) is 1. The Morgan fingerprint density at radius 3 is 2.70 bits per heavy atom. The number of carbonyl (C=O) groups excluding carboxylic acids is 1. The van der Waals surface area contributed by atoms with E-state index in [-0.39, 0.29) is 5.91 Å². The first-order valence-electron chi connectivity index (χ1n) is 7.53. The number of thiophene rings is 1. The monoisotopic (exact) mass is 350 g/mol. The molecular formula is C17H19ClN2O2S. The van der Waals surface area contributed by atoms with E-state index in [9.17, 15) is 4.79 Å². The molecular weight excluding hydrogens is 332 g/mol. The molecule has 1 aliphatic heterocycles. The summed E-state index contributed by atoms with van der Waals surface area (Å²) in [6, 6.07) is 7.30. The number of hydrogen-bond donors (Lipinski definition) is 0. The highest BCUT2D eigenvalue weighted by Gasteiger charge is 2.24. The molecule has 0 spiro atoms. The summed E-state index contributed by atoms with van der Waals surface area (Å²) in [4.78, 5) is 17.0. The normalized spacial score (nSPS) is 15.7. The summed E-state index contributed by atoms with van der Waals surface area (Å²) in [7, 11) is 1.57. The SMILES string of the molecule is COc1ccc(Cl)cc1C(=O)N1CCN(Cc2ccsc2)CC1. The lowest BCUT2D eigenvalue weighted by atomic mass is 10.1. The topological polar surface area (TPSA) is 32.8 Å². The second kappa shape index (κ2) is 7.34. The van der Waals surface area contributed by atoms with Crippen molar-refractivity contribution in [3.8, 4) is 5.75 Å². The van der Waals surface area contributed by atoms with E-state index < -0.39 is 0 Å². The molecule has 1 amide bonds. The Bertz CT molecular complexity index is 667. The lowest BCUT2D eigenvalue weighted by Gasteiger charge is -2.34. The Hall–Kier alpha value is -1.56. The van der Waals surface area contributed by atoms with Crippen LogP contribution in [0.1, 0.15) is 15.9 Å². The Morgan fingerprint density at radius 2 is 2.04 bits per heavy atom. The third-order valence-corrected chi connectivity index (χ3v) is 5.00. The lowest BCUT2D eigenvalue weighted by molar-refractivity contribution is 0.0625. The Balaban J connectivity index is 1.63. The summed E-state index contributed by atoms with van der Waals surface area (Å²) in [6.07, 6.45) is 0. The molecule has 122 valence electrons. The maximum absolute atomic E-state index is 12.7. The van der Waals surface area contributed by atoms with E-state index in [1.165, 1.54) is 5.56 Å². The number of rotatable bonds is 4. The van der Waals surface area contributed by atoms with Crippen molar-refractivity contribution in [2.24, 2.45) is 0 Å². The summed E-state index contributed by atoms with van der Waals surface area (Å²) >= 11 is 7.74. The minimum Gasteiger partial charge on any atom is -0.496 e. The van der Waals surface area contributed by atoms with Crippen molar-refractivity contribution in [2.45, 2.75) is 6.54 Å². The average Bonchev–Trinajstić information content (AvgIpc) is 3.08. The highest BCUT2D eigenvalue weighted by molar-refractivity contribution is 7.07. The van der Waals surface area contributed by atoms with Crippen molar-refractivity contribution in [2.75, 3.05) is 33.3 Å². The molecule has 1 aromatic carbocycles. The number of nitrogens with zero attached hydrogens (tertiary/aromatic N) is 2. The summed E-state index contributed by atoms with van der Waals surface area (Å²) in [5.41, 5.74) is 1.87. The first-order valence-corrected chi connectivity index (χ1v) is 8.85. The van der Waals surface area contributed by atoms with E-state index in [0.717, 1.165) is 32.7 Å². The van der Waals surface area contributed by atoms with E-state index in [1.54, 1.807) is 36.6 Å². The number of amides is 1. The molecule has 0 aliphatic carbocycles. The van der Waals surface area contributed by atoms with Crippen LogP contribution in [0.4, 0.5) is 0 Å². The number of hydrogen-bond acceptors (Lipinski definition) is 4. The Labute approximate surface area is 145 Å². The predicted molar refractivity (Wildman–Crippen MR) is 93.5 cm³/mol. The molecule has 1 aliphatic rings. The van der Waals surface area contributed by atoms with Crippen LogP contribution in [0.2, 0.25) is 5.02 Å². The van der Waals surface area contributed by atoms with Crippen LogP contribution in [-0.2, 0) is 6.54 Å². The van der Waals surface area contributed by atoms with Crippen LogP contribution in [0, 0.1) is 0 Å². The van der Waals surface area contributed by atoms with Crippen molar-refractivity contribution >= 4 is 28.8 Å². The summed E-state index contributed by atoms with van der Waals surface area (Å²) < 4.78 is 5.29. The molecule has 1 fully saturated rings. The minimum atomic E-state index is -0.0143. The zero-order valence-electron chi connectivity index (χ0n) is 13.0. The third-order valence-electron chi connectivity index (χ3n) is 4.04. The molecule has 0 atom stereocenters. The number of carbonyl (C=O) groups is 1. The van der Waals surface area contributed by atoms with E-state index in [4.69, 9.17) is 16.3 Å². The summed E-state index contributed by atoms with van der Waals surface area (Å²) in [5, 5.41) is 4.82. The highest BCUT2D eigenvalue weighted by Crippen LogP contribution is 2.24. The summed E-state index contributed by atoms with van der Waals surface area (Å²) in [6.45, 7) is 4.15. The van der Waals surface area contributed by atoms with Gasteiger partial charge >= 0.3 is 0 Å². The van der Waals surface area contributed by atoms with Crippen LogP contribution in [0.5, 0.6) is 5.75 Å². The lowest BCUT2D eigenvalue weighted by Crippen LogP contribution is -2.48. The molecule has 2 aromatic rings. The zero-order chi connectivity index (χ0) is 16.2. The van der Waals surface area contributed by atoms with Crippen molar-refractivity contribution in [3.63, 3.8) is 0 Å². The molecule has 6 heteroatoms. The predicted octanol–water partition coefficient (Wildman–Crippen LogP) is 3.37. The molecule has 0 radical (unpaired) electrons. The molecule has 23 heavy (non-hydrogen) atoms. The molecule has 0 saturated carbocycles. The van der Waals surface area contributed by atoms with E-state index >= 15 is 0 Å². The number of methoxy groups -OCH3 is 1. The maximum atomic E-state index is 12.7. The van der Waals surface area contributed by atoms with Gasteiger partial charge in [-0.25, -0.2) is 0 Å². The number of benzene rings is 1. The molecule has 1 aromatic heterocycles. The maximum Gasteiger partial charge on any atom is 0.257 e. The highest BCUT2D eigenvalue weighted by atomic mass is 35.5. The van der Waals surface area contributed by atoms with E-state index in [0.29, 0.717) is 16.3 Å². The smallest absolute Gasteiger partial charge is 0.257 e. The van der Waals surface area contributed by atoms with Gasteiger partial charge in [0.25, 0.3) is 5.91 Å². The van der Waals surface area contributed by atoms with Crippen molar-refractivity contribution in [1.29, 1.82) is 0 Å². The van der Waals surface area contributed by atoms with Crippen LogP contribution >= 0.6 is 22.9 Å². The average molecular weight is 351 g/mol. The first kappa shape index (κ1) is 16.3. The standard InChI is InChI=1S/C17H19ClN2O2S/c1-22-16-3-2-14(18)10-15(16)17(21)20-7-5-19(6-8-20)11-13-4-9-23-12-13/h2-4,9-10,12H,5-8,11H2,1H3. The van der Waals surface area contributed by atoms with Gasteiger partial charge in [-0.15, -0.1) is 0 Å². The molecule has 0 N–H and O–H groups in total. The number of piperazine rings is 1. The van der Waals surface area contributed by atoms with Crippen LogP contribution in [0.25, 0.3) is 0 Å². The van der Waals surface area contributed by atoms with Gasteiger partial charge in [0.05, 0.1) is 12.7 Å². The molecule has 0 bridgehead atoms. The van der Waals surface area contributed by atoms with Crippen molar-refractivity contribution in [1.82, 2.24) is 9.80 Å². The molecule has 4 nitrogen and oxygen atoms in total. The Kier molecular flexibility index (Phi) is 5.20. The van der Waals surface area contributed by atoms with E-state index in [2.05, 4.69) is 21.7 Å². The van der Waals surface area contributed by atoms with Gasteiger partial charge in [-0.2, -0.15) is 11.3 Å². The second-order valence-electron chi connectivity index (χ2n) is 5.54. The van der Waals surface area contributed by atoms with Crippen molar-refractivity contribution in [3.05, 3.63) is 51.2 Å². The quantitative estimate of drug-likeness (QED) is 0.847. The summed E-state index contributed by atoms with van der Waals surface area (Å²) in [5.74, 6) is 0.555. The van der Waals surface area contributed by atoms with Gasteiger partial charge in [0, 0.05) is 37.7 Å². The zero-order valence-corrected chi connectivity index (χ0v) is 14.6. The van der Waals surface area contributed by atoms with Crippen molar-refractivity contribution < 1.29 is 9.53 Å². The molecule has 1 saturated heterocycles. The fourth-order valence-electron chi connectivity index (χ4n) is 2.77. The van der Waals surface area contributed by atoms with Gasteiger partial charge in [-0.05, 0) is 40.6 Å². The third kappa shape index (κ3) is 3.86. The van der Waals surface area contributed by atoms with Gasteiger partial charge in [-0.1, -0.05) is 11.6 Å².